The van der Waals surface area contributed by atoms with Crippen molar-refractivity contribution in [3.05, 3.63) is 66.2 Å². The summed E-state index contributed by atoms with van der Waals surface area (Å²) in [6.07, 6.45) is -1.86. The molecule has 5 fully saturated rings. The first-order valence-corrected chi connectivity index (χ1v) is 18.4. The van der Waals surface area contributed by atoms with E-state index in [2.05, 4.69) is 15.1 Å². The molecule has 2 aromatic rings. The van der Waals surface area contributed by atoms with Crippen molar-refractivity contribution in [3.63, 3.8) is 0 Å². The van der Waals surface area contributed by atoms with Gasteiger partial charge >= 0.3 is 19.1 Å². The second-order valence-corrected chi connectivity index (χ2v) is 16.9. The molecule has 2 spiro atoms. The third-order valence-electron chi connectivity index (χ3n) is 9.44. The van der Waals surface area contributed by atoms with Crippen molar-refractivity contribution < 1.29 is 42.1 Å². The molecule has 0 radical (unpaired) electrons. The monoisotopic (exact) mass is 723 g/mol. The number of nitrogens with one attached hydrogen (secondary N) is 3. The summed E-state index contributed by atoms with van der Waals surface area (Å²) in [5.41, 5.74) is -3.15. The van der Waals surface area contributed by atoms with Gasteiger partial charge in [0.05, 0.1) is 9.49 Å². The summed E-state index contributed by atoms with van der Waals surface area (Å²) in [6.45, 7) is -2.33. The van der Waals surface area contributed by atoms with Crippen molar-refractivity contribution in [2.75, 3.05) is 24.7 Å². The third kappa shape index (κ3) is 5.44. The average molecular weight is 724 g/mol. The van der Waals surface area contributed by atoms with E-state index in [1.807, 2.05) is 0 Å². The molecule has 0 bridgehead atoms. The van der Waals surface area contributed by atoms with Crippen molar-refractivity contribution in [1.29, 1.82) is 0 Å². The van der Waals surface area contributed by atoms with E-state index in [-0.39, 0.29) is 12.8 Å². The highest BCUT2D eigenvalue weighted by atomic mass is 32.2. The molecular weight excluding hydrogens is 691 g/mol. The van der Waals surface area contributed by atoms with E-state index in [9.17, 15) is 34.0 Å². The number of halogens is 2. The minimum atomic E-state index is -4.62. The Labute approximate surface area is 272 Å². The van der Waals surface area contributed by atoms with Gasteiger partial charge in [-0.1, -0.05) is 6.42 Å². The van der Waals surface area contributed by atoms with Crippen molar-refractivity contribution in [2.24, 2.45) is 0 Å². The van der Waals surface area contributed by atoms with E-state index in [0.29, 0.717) is 24.3 Å². The molecule has 5 N–H and O–H groups in total. The smallest absolute Gasteiger partial charge is 0.385 e. The molecule has 8 atom stereocenters. The van der Waals surface area contributed by atoms with Gasteiger partial charge in [-0.3, -0.25) is 37.7 Å². The number of aliphatic hydroxyl groups excluding tert-OH is 2. The Morgan fingerprint density at radius 3 is 1.62 bits per heavy atom. The molecule has 5 aliphatic rings. The van der Waals surface area contributed by atoms with Crippen LogP contribution >= 0.6 is 31.3 Å². The number of hydrogen-bond donors (Lipinski definition) is 5. The topological polar surface area (TPSA) is 216 Å². The van der Waals surface area contributed by atoms with Gasteiger partial charge in [0, 0.05) is 30.6 Å². The highest BCUT2D eigenvalue weighted by molar-refractivity contribution is 8.02. The first kappa shape index (κ1) is 33.4. The van der Waals surface area contributed by atoms with E-state index < -0.39 is 95.4 Å². The minimum absolute atomic E-state index is 0.244. The van der Waals surface area contributed by atoms with Crippen LogP contribution in [0.3, 0.4) is 0 Å². The molecule has 21 heteroatoms. The number of thioether (sulfide) groups is 2. The number of aromatic nitrogens is 4. The van der Waals surface area contributed by atoms with Crippen molar-refractivity contribution in [2.45, 2.75) is 84.0 Å². The second-order valence-electron chi connectivity index (χ2n) is 12.3. The Kier molecular flexibility index (Phi) is 8.34. The molecule has 6 heterocycles. The number of H-pyrrole nitrogens is 2. The van der Waals surface area contributed by atoms with Gasteiger partial charge in [-0.25, -0.2) is 28.0 Å². The van der Waals surface area contributed by atoms with Crippen LogP contribution in [0.15, 0.2) is 43.7 Å². The van der Waals surface area contributed by atoms with Crippen LogP contribution in [0.2, 0.25) is 0 Å². The van der Waals surface area contributed by atoms with Crippen molar-refractivity contribution in [1.82, 2.24) is 24.2 Å². The first-order valence-electron chi connectivity index (χ1n) is 14.9. The fourth-order valence-electron chi connectivity index (χ4n) is 6.45. The Morgan fingerprint density at radius 1 is 0.872 bits per heavy atom. The number of ether oxygens (including phenoxy) is 2. The van der Waals surface area contributed by atoms with Gasteiger partial charge in [0.15, 0.2) is 12.5 Å². The quantitative estimate of drug-likeness (QED) is 0.208. The summed E-state index contributed by atoms with van der Waals surface area (Å²) in [5, 5.41) is 25.0. The van der Waals surface area contributed by atoms with E-state index in [4.69, 9.17) is 18.5 Å². The Morgan fingerprint density at radius 2 is 1.30 bits per heavy atom. The molecular formula is C26H32F2N5O11PS2. The van der Waals surface area contributed by atoms with Crippen LogP contribution in [0, 0.1) is 0 Å². The lowest BCUT2D eigenvalue weighted by Crippen LogP contribution is -2.54. The van der Waals surface area contributed by atoms with Crippen LogP contribution in [0.25, 0.3) is 0 Å². The maximum atomic E-state index is 16.5. The molecule has 258 valence electrons. The van der Waals surface area contributed by atoms with Crippen molar-refractivity contribution in [3.8, 4) is 0 Å². The van der Waals surface area contributed by atoms with Gasteiger partial charge in [-0.2, -0.15) is 0 Å². The summed E-state index contributed by atoms with van der Waals surface area (Å²) < 4.78 is 68.3. The van der Waals surface area contributed by atoms with E-state index in [1.165, 1.54) is 0 Å². The zero-order chi connectivity index (χ0) is 33.4. The van der Waals surface area contributed by atoms with Gasteiger partial charge in [0.2, 0.25) is 0 Å². The highest BCUT2D eigenvalue weighted by Crippen LogP contribution is 2.62. The molecule has 4 aliphatic heterocycles. The standard InChI is InChI=1S/C26H32F2N5O11PS2/c27-25(17(36)23(6-10-46-23)19(43-25)32-8-4-15(34)29-21(32)38)12-41-45(40,31-14-2-1-3-14)42-13-26(28)18(37)24(7-11-47-24)20(44-26)33-9-5-16(35)30-22(33)39/h4-5,8-9,14,17-20,36-37H,1-3,6-7,10-13H2,(H,31,40)(H,29,34,38)(H,30,35,39)/t17-,18-,19+,20+,23+,24+,25+,26+/m0/s1. The number of nitrogens with zero attached hydrogens (tertiary/aromatic N) is 2. The molecule has 1 aliphatic carbocycles. The summed E-state index contributed by atoms with van der Waals surface area (Å²) in [6, 6.07) is 1.70. The molecule has 7 rings (SSSR count). The summed E-state index contributed by atoms with van der Waals surface area (Å²) in [7, 11) is -4.62. The number of aliphatic hydroxyl groups is 2. The third-order valence-corrected chi connectivity index (χ3v) is 14.2. The largest absolute Gasteiger partial charge is 0.406 e. The molecule has 16 nitrogen and oxygen atoms in total. The maximum absolute atomic E-state index is 16.5. The lowest BCUT2D eigenvalue weighted by Gasteiger charge is -2.43. The van der Waals surface area contributed by atoms with Gasteiger partial charge < -0.3 is 19.7 Å². The lowest BCUT2D eigenvalue weighted by atomic mass is 9.93. The molecule has 4 saturated heterocycles. The molecule has 0 aromatic carbocycles. The molecule has 1 saturated carbocycles. The normalized spacial score (nSPS) is 39.4. The van der Waals surface area contributed by atoms with E-state index >= 15 is 8.78 Å². The Bertz CT molecular complexity index is 1710. The predicted molar refractivity (Wildman–Crippen MR) is 162 cm³/mol. The van der Waals surface area contributed by atoms with Crippen LogP contribution in [-0.4, -0.2) is 93.5 Å². The molecule has 2 aromatic heterocycles. The van der Waals surface area contributed by atoms with Crippen LogP contribution in [0.4, 0.5) is 8.78 Å². The SMILES string of the molecule is O=c1ccn([C@@H]2O[C@](F)(COP(=O)(NC3CCC3)OC[C@@]3(F)O[C@@H](n4ccc(=O)[nH]c4=O)[C@@]4(CCS4)[C@@H]3O)[C@@H](O)[C@]23CCS3)c(=O)[nH]1. The molecule has 47 heavy (non-hydrogen) atoms. The second kappa shape index (κ2) is 11.7. The van der Waals surface area contributed by atoms with Gasteiger partial charge in [0.25, 0.3) is 22.8 Å². The van der Waals surface area contributed by atoms with Gasteiger partial charge in [-0.05, 0) is 37.2 Å². The number of hydrogen-bond acceptors (Lipinski definition) is 13. The average Bonchev–Trinajstić information content (AvgIpc) is 3.34. The summed E-state index contributed by atoms with van der Waals surface area (Å²) in [5.74, 6) is -5.00. The van der Waals surface area contributed by atoms with E-state index in [0.717, 1.165) is 63.6 Å². The molecule has 0 amide bonds. The van der Waals surface area contributed by atoms with Crippen LogP contribution in [0.1, 0.15) is 44.6 Å². The van der Waals surface area contributed by atoms with Gasteiger partial charge in [0.1, 0.15) is 25.4 Å². The fraction of sp³-hybridized carbons (Fsp3) is 0.692. The number of aromatic amines is 2. The highest BCUT2D eigenvalue weighted by Gasteiger charge is 2.70. The Hall–Kier alpha value is -2.13. The summed E-state index contributed by atoms with van der Waals surface area (Å²) in [4.78, 5) is 52.4. The van der Waals surface area contributed by atoms with Crippen LogP contribution in [0.5, 0.6) is 0 Å². The van der Waals surface area contributed by atoms with Gasteiger partial charge in [-0.15, -0.1) is 23.5 Å². The van der Waals surface area contributed by atoms with Crippen LogP contribution < -0.4 is 27.6 Å². The maximum Gasteiger partial charge on any atom is 0.406 e. The minimum Gasteiger partial charge on any atom is -0.385 e. The zero-order valence-electron chi connectivity index (χ0n) is 24.5. The summed E-state index contributed by atoms with van der Waals surface area (Å²) >= 11 is 2.31. The Balaban J connectivity index is 1.11. The number of rotatable bonds is 10. The first-order chi connectivity index (χ1) is 22.2. The zero-order valence-corrected chi connectivity index (χ0v) is 27.1. The lowest BCUT2D eigenvalue weighted by molar-refractivity contribution is -0.211. The number of alkyl halides is 2. The van der Waals surface area contributed by atoms with Crippen molar-refractivity contribution >= 4 is 31.3 Å². The molecule has 0 unspecified atom stereocenters. The van der Waals surface area contributed by atoms with Crippen LogP contribution in [-0.2, 0) is 23.1 Å². The fourth-order valence-corrected chi connectivity index (χ4v) is 10.7. The van der Waals surface area contributed by atoms with E-state index in [1.54, 1.807) is 0 Å². The predicted octanol–water partition coefficient (Wildman–Crippen LogP) is 0.233.